The van der Waals surface area contributed by atoms with Crippen LogP contribution < -0.4 is 5.32 Å². The Labute approximate surface area is 115 Å². The van der Waals surface area contributed by atoms with Crippen LogP contribution in [0.25, 0.3) is 0 Å². The molecule has 2 heterocycles. The van der Waals surface area contributed by atoms with Gasteiger partial charge in [-0.05, 0) is 43.2 Å². The zero-order chi connectivity index (χ0) is 13.4. The van der Waals surface area contributed by atoms with Crippen LogP contribution in [0.2, 0.25) is 5.02 Å². The third-order valence-electron chi connectivity index (χ3n) is 3.30. The molecule has 98 valence electrons. The topological polar surface area (TPSA) is 34.0 Å². The number of hydrogen-bond donors (Lipinski definition) is 1. The lowest BCUT2D eigenvalue weighted by atomic mass is 10.3. The zero-order valence-corrected chi connectivity index (χ0v) is 10.9. The highest BCUT2D eigenvalue weighted by Gasteiger charge is 2.18. The number of benzene rings is 1. The summed E-state index contributed by atoms with van der Waals surface area (Å²) in [6.45, 7) is 0.870. The van der Waals surface area contributed by atoms with Crippen LogP contribution >= 0.6 is 11.6 Å². The van der Waals surface area contributed by atoms with Crippen molar-refractivity contribution in [3.63, 3.8) is 0 Å². The van der Waals surface area contributed by atoms with Gasteiger partial charge in [-0.25, -0.2) is 4.39 Å². The van der Waals surface area contributed by atoms with Gasteiger partial charge < -0.3 is 9.88 Å². The summed E-state index contributed by atoms with van der Waals surface area (Å²) in [6.07, 6.45) is 2.08. The summed E-state index contributed by atoms with van der Waals surface area (Å²) < 4.78 is 15.1. The molecule has 5 heteroatoms. The van der Waals surface area contributed by atoms with Crippen LogP contribution in [-0.4, -0.2) is 10.5 Å². The van der Waals surface area contributed by atoms with E-state index in [1.54, 1.807) is 0 Å². The van der Waals surface area contributed by atoms with E-state index in [1.165, 1.54) is 23.9 Å². The molecule has 2 aromatic rings. The quantitative estimate of drug-likeness (QED) is 0.896. The second-order valence-electron chi connectivity index (χ2n) is 4.55. The Kier molecular flexibility index (Phi) is 3.03. The maximum atomic E-state index is 13.0. The van der Waals surface area contributed by atoms with Crippen molar-refractivity contribution < 1.29 is 9.18 Å². The molecule has 0 unspecified atom stereocenters. The zero-order valence-electron chi connectivity index (χ0n) is 10.1. The molecule has 0 spiro atoms. The number of amides is 1. The number of aryl methyl sites for hydroxylation is 1. The van der Waals surface area contributed by atoms with Gasteiger partial charge in [-0.2, -0.15) is 0 Å². The highest BCUT2D eigenvalue weighted by atomic mass is 35.5. The Balaban J connectivity index is 1.83. The van der Waals surface area contributed by atoms with Crippen molar-refractivity contribution >= 4 is 23.2 Å². The van der Waals surface area contributed by atoms with Crippen molar-refractivity contribution in [3.8, 4) is 0 Å². The van der Waals surface area contributed by atoms with Gasteiger partial charge in [0.15, 0.2) is 0 Å². The summed E-state index contributed by atoms with van der Waals surface area (Å²) in [6, 6.07) is 7.92. The Morgan fingerprint density at radius 3 is 2.95 bits per heavy atom. The number of carbonyl (C=O) groups excluding carboxylic acids is 1. The normalized spacial score (nSPS) is 13.4. The summed E-state index contributed by atoms with van der Waals surface area (Å²) in [7, 11) is 0. The van der Waals surface area contributed by atoms with E-state index >= 15 is 0 Å². The molecule has 0 bridgehead atoms. The van der Waals surface area contributed by atoms with Crippen LogP contribution in [0, 0.1) is 5.82 Å². The number of anilines is 1. The molecule has 3 nitrogen and oxygen atoms in total. The van der Waals surface area contributed by atoms with Gasteiger partial charge in [-0.15, -0.1) is 0 Å². The number of nitrogens with one attached hydrogen (secondary N) is 1. The summed E-state index contributed by atoms with van der Waals surface area (Å²) in [5.74, 6) is -0.695. The maximum absolute atomic E-state index is 13.0. The molecule has 0 fully saturated rings. The lowest BCUT2D eigenvalue weighted by molar-refractivity contribution is 0.101. The number of rotatable bonds is 2. The van der Waals surface area contributed by atoms with Crippen LogP contribution in [0.1, 0.15) is 22.6 Å². The number of hydrogen-bond acceptors (Lipinski definition) is 1. The molecule has 0 atom stereocenters. The van der Waals surface area contributed by atoms with E-state index in [0.29, 0.717) is 11.4 Å². The van der Waals surface area contributed by atoms with E-state index in [1.807, 2.05) is 16.7 Å². The van der Waals surface area contributed by atoms with Crippen molar-refractivity contribution in [2.45, 2.75) is 19.4 Å². The number of aromatic nitrogens is 1. The first kappa shape index (κ1) is 12.2. The standard InChI is InChI=1S/C14H12ClFN2O/c15-11-8-9(3-5-12(11)16)17-14(19)13-6-4-10-2-1-7-18(10)13/h3-6,8H,1-2,7H2,(H,17,19). The first-order valence-corrected chi connectivity index (χ1v) is 6.48. The Hall–Kier alpha value is -1.81. The fourth-order valence-electron chi connectivity index (χ4n) is 2.38. The largest absolute Gasteiger partial charge is 0.341 e. The SMILES string of the molecule is O=C(Nc1ccc(F)c(Cl)c1)c1ccc2n1CCC2. The molecule has 0 saturated carbocycles. The molecule has 0 saturated heterocycles. The van der Waals surface area contributed by atoms with E-state index in [-0.39, 0.29) is 10.9 Å². The molecule has 1 aromatic carbocycles. The third kappa shape index (κ3) is 2.24. The summed E-state index contributed by atoms with van der Waals surface area (Å²) >= 11 is 5.68. The van der Waals surface area contributed by atoms with Crippen LogP contribution in [-0.2, 0) is 13.0 Å². The number of carbonyl (C=O) groups is 1. The van der Waals surface area contributed by atoms with Crippen molar-refractivity contribution in [1.82, 2.24) is 4.57 Å². The van der Waals surface area contributed by atoms with Gasteiger partial charge in [-0.1, -0.05) is 11.6 Å². The lowest BCUT2D eigenvalue weighted by Crippen LogP contribution is -2.16. The molecular weight excluding hydrogens is 267 g/mol. The fourth-order valence-corrected chi connectivity index (χ4v) is 2.56. The van der Waals surface area contributed by atoms with Gasteiger partial charge >= 0.3 is 0 Å². The van der Waals surface area contributed by atoms with E-state index in [9.17, 15) is 9.18 Å². The first-order valence-electron chi connectivity index (χ1n) is 6.10. The molecule has 1 aromatic heterocycles. The van der Waals surface area contributed by atoms with Gasteiger partial charge in [0.25, 0.3) is 5.91 Å². The highest BCUT2D eigenvalue weighted by Crippen LogP contribution is 2.22. The van der Waals surface area contributed by atoms with Crippen molar-refractivity contribution in [2.75, 3.05) is 5.32 Å². The average Bonchev–Trinajstić information content (AvgIpc) is 2.95. The second-order valence-corrected chi connectivity index (χ2v) is 4.96. The summed E-state index contributed by atoms with van der Waals surface area (Å²) in [5, 5.41) is 2.73. The average molecular weight is 279 g/mol. The molecule has 1 aliphatic rings. The minimum absolute atomic E-state index is 0.00168. The Bertz CT molecular complexity index is 651. The van der Waals surface area contributed by atoms with Crippen molar-refractivity contribution in [1.29, 1.82) is 0 Å². The van der Waals surface area contributed by atoms with Crippen molar-refractivity contribution in [3.05, 3.63) is 52.6 Å². The van der Waals surface area contributed by atoms with Crippen molar-refractivity contribution in [2.24, 2.45) is 0 Å². The van der Waals surface area contributed by atoms with E-state index in [0.717, 1.165) is 19.4 Å². The molecule has 0 aliphatic carbocycles. The maximum Gasteiger partial charge on any atom is 0.272 e. The minimum Gasteiger partial charge on any atom is -0.341 e. The van der Waals surface area contributed by atoms with Gasteiger partial charge in [-0.3, -0.25) is 4.79 Å². The van der Waals surface area contributed by atoms with E-state index < -0.39 is 5.82 Å². The van der Waals surface area contributed by atoms with Crippen LogP contribution in [0.5, 0.6) is 0 Å². The molecule has 0 radical (unpaired) electrons. The van der Waals surface area contributed by atoms with E-state index in [4.69, 9.17) is 11.6 Å². The fraction of sp³-hybridized carbons (Fsp3) is 0.214. The molecule has 1 N–H and O–H groups in total. The van der Waals surface area contributed by atoms with Gasteiger partial charge in [0.1, 0.15) is 11.5 Å². The number of fused-ring (bicyclic) bond motifs is 1. The highest BCUT2D eigenvalue weighted by molar-refractivity contribution is 6.31. The molecule has 19 heavy (non-hydrogen) atoms. The molecular formula is C14H12ClFN2O. The number of nitrogens with zero attached hydrogens (tertiary/aromatic N) is 1. The van der Waals surface area contributed by atoms with Crippen LogP contribution in [0.4, 0.5) is 10.1 Å². The smallest absolute Gasteiger partial charge is 0.272 e. The first-order chi connectivity index (χ1) is 9.15. The summed E-state index contributed by atoms with van der Waals surface area (Å²) in [4.78, 5) is 12.2. The second kappa shape index (κ2) is 4.70. The molecule has 1 amide bonds. The molecule has 3 rings (SSSR count). The predicted molar refractivity (Wildman–Crippen MR) is 72.1 cm³/mol. The predicted octanol–water partition coefficient (Wildman–Crippen LogP) is 3.48. The van der Waals surface area contributed by atoms with Gasteiger partial charge in [0.05, 0.1) is 5.02 Å². The van der Waals surface area contributed by atoms with Crippen LogP contribution in [0.3, 0.4) is 0 Å². The lowest BCUT2D eigenvalue weighted by Gasteiger charge is -2.08. The number of halogens is 2. The van der Waals surface area contributed by atoms with Gasteiger partial charge in [0, 0.05) is 17.9 Å². The van der Waals surface area contributed by atoms with E-state index in [2.05, 4.69) is 5.32 Å². The minimum atomic E-state index is -0.497. The Morgan fingerprint density at radius 2 is 2.16 bits per heavy atom. The van der Waals surface area contributed by atoms with Gasteiger partial charge in [0.2, 0.25) is 0 Å². The summed E-state index contributed by atoms with van der Waals surface area (Å²) in [5.41, 5.74) is 2.31. The van der Waals surface area contributed by atoms with Crippen LogP contribution in [0.15, 0.2) is 30.3 Å². The Morgan fingerprint density at radius 1 is 1.32 bits per heavy atom. The molecule has 1 aliphatic heterocycles. The third-order valence-corrected chi connectivity index (χ3v) is 3.59. The monoisotopic (exact) mass is 278 g/mol.